The maximum atomic E-state index is 2.45. The summed E-state index contributed by atoms with van der Waals surface area (Å²) in [6.45, 7) is 0. The molecular formula is C60H41GeN3. The molecule has 13 aromatic rings. The molecule has 13 rings (SSSR count). The first kappa shape index (κ1) is 36.8. The zero-order valence-electron chi connectivity index (χ0n) is 35.0. The Morgan fingerprint density at radius 3 is 0.844 bits per heavy atom. The van der Waals surface area contributed by atoms with E-state index in [2.05, 4.69) is 262 Å². The second-order valence-corrected chi connectivity index (χ2v) is 24.9. The van der Waals surface area contributed by atoms with Crippen LogP contribution in [0.25, 0.3) is 82.5 Å². The second kappa shape index (κ2) is 14.6. The predicted octanol–water partition coefficient (Wildman–Crippen LogP) is 12.4. The first-order chi connectivity index (χ1) is 31.8. The van der Waals surface area contributed by atoms with Crippen molar-refractivity contribution < 1.29 is 0 Å². The van der Waals surface area contributed by atoms with Crippen LogP contribution >= 0.6 is 0 Å². The molecule has 0 bridgehead atoms. The molecule has 300 valence electrons. The minimum atomic E-state index is -3.41. The third-order valence-electron chi connectivity index (χ3n) is 13.6. The van der Waals surface area contributed by atoms with Gasteiger partial charge in [0.15, 0.2) is 0 Å². The van der Waals surface area contributed by atoms with Crippen LogP contribution < -0.4 is 17.6 Å². The Labute approximate surface area is 373 Å². The van der Waals surface area contributed by atoms with Gasteiger partial charge in [-0.2, -0.15) is 0 Å². The summed E-state index contributed by atoms with van der Waals surface area (Å²) in [6, 6.07) is 92.4. The standard InChI is InChI=1S/C60H41GeN3/c1-4-18-42(19-5-1)61(43-20-6-2-7-21-43,44-22-8-3-9-23-44)45-32-34-46(35-33-45)62-57-30-16-12-26-51(57)53-41-48(36-38-59(53)62)64-58-31-17-13-27-52(58)54-40-47(37-39-60(54)64)63-55-28-14-10-24-49(55)50-25-11-15-29-56(50)63/h1-41H. The second-order valence-electron chi connectivity index (χ2n) is 16.9. The van der Waals surface area contributed by atoms with Crippen molar-refractivity contribution in [1.82, 2.24) is 13.7 Å². The van der Waals surface area contributed by atoms with Gasteiger partial charge in [0.1, 0.15) is 0 Å². The van der Waals surface area contributed by atoms with E-state index in [-0.39, 0.29) is 0 Å². The molecule has 10 aromatic carbocycles. The summed E-state index contributed by atoms with van der Waals surface area (Å²) in [5, 5.41) is 7.49. The van der Waals surface area contributed by atoms with Gasteiger partial charge in [0.25, 0.3) is 0 Å². The van der Waals surface area contributed by atoms with Gasteiger partial charge in [-0.3, -0.25) is 0 Å². The van der Waals surface area contributed by atoms with E-state index in [9.17, 15) is 0 Å². The zero-order chi connectivity index (χ0) is 42.2. The third-order valence-corrected chi connectivity index (χ3v) is 23.7. The minimum absolute atomic E-state index is 1.15. The van der Waals surface area contributed by atoms with Gasteiger partial charge < -0.3 is 4.57 Å². The molecule has 0 aliphatic heterocycles. The molecule has 0 saturated heterocycles. The molecule has 3 aromatic heterocycles. The molecule has 3 heterocycles. The van der Waals surface area contributed by atoms with Gasteiger partial charge in [-0.05, 0) is 24.3 Å². The van der Waals surface area contributed by atoms with Crippen LogP contribution in [0.4, 0.5) is 0 Å². The molecule has 64 heavy (non-hydrogen) atoms. The first-order valence-corrected chi connectivity index (χ1v) is 26.3. The van der Waals surface area contributed by atoms with Crippen molar-refractivity contribution in [2.24, 2.45) is 0 Å². The molecule has 0 fully saturated rings. The molecule has 0 atom stereocenters. The number of aromatic nitrogens is 3. The number of hydrogen-bond acceptors (Lipinski definition) is 0. The van der Waals surface area contributed by atoms with E-state index in [1.807, 2.05) is 0 Å². The number of fused-ring (bicyclic) bond motifs is 9. The van der Waals surface area contributed by atoms with E-state index in [1.165, 1.54) is 83.0 Å². The fourth-order valence-electron chi connectivity index (χ4n) is 10.9. The van der Waals surface area contributed by atoms with E-state index >= 15 is 0 Å². The van der Waals surface area contributed by atoms with Crippen molar-refractivity contribution in [3.63, 3.8) is 0 Å². The molecule has 4 heteroatoms. The molecule has 0 saturated carbocycles. The van der Waals surface area contributed by atoms with Crippen molar-refractivity contribution in [2.75, 3.05) is 0 Å². The summed E-state index contributed by atoms with van der Waals surface area (Å²) in [4.78, 5) is 0. The van der Waals surface area contributed by atoms with Crippen LogP contribution in [0.1, 0.15) is 0 Å². The summed E-state index contributed by atoms with van der Waals surface area (Å²) >= 11 is -3.41. The Morgan fingerprint density at radius 1 is 0.203 bits per heavy atom. The van der Waals surface area contributed by atoms with Gasteiger partial charge in [-0.25, -0.2) is 0 Å². The predicted molar refractivity (Wildman–Crippen MR) is 273 cm³/mol. The topological polar surface area (TPSA) is 14.8 Å². The van der Waals surface area contributed by atoms with E-state index in [0.717, 1.165) is 17.1 Å². The fourth-order valence-corrected chi connectivity index (χ4v) is 20.8. The van der Waals surface area contributed by atoms with Crippen LogP contribution in [-0.2, 0) is 0 Å². The van der Waals surface area contributed by atoms with Crippen molar-refractivity contribution in [1.29, 1.82) is 0 Å². The Morgan fingerprint density at radius 2 is 0.469 bits per heavy atom. The zero-order valence-corrected chi connectivity index (χ0v) is 37.1. The average Bonchev–Trinajstić information content (AvgIpc) is 4.01. The molecule has 0 aliphatic carbocycles. The third kappa shape index (κ3) is 5.41. The van der Waals surface area contributed by atoms with E-state index < -0.39 is 13.3 Å². The van der Waals surface area contributed by atoms with Gasteiger partial charge in [0, 0.05) is 16.5 Å². The first-order valence-electron chi connectivity index (χ1n) is 22.1. The van der Waals surface area contributed by atoms with Crippen LogP contribution in [0.3, 0.4) is 0 Å². The Balaban J connectivity index is 0.974. The normalized spacial score (nSPS) is 12.1. The van der Waals surface area contributed by atoms with Gasteiger partial charge >= 0.3 is 265 Å². The van der Waals surface area contributed by atoms with Gasteiger partial charge in [-0.1, -0.05) is 54.6 Å². The van der Waals surface area contributed by atoms with Crippen molar-refractivity contribution >= 4 is 96.3 Å². The summed E-state index contributed by atoms with van der Waals surface area (Å²) < 4.78 is 13.0. The number of para-hydroxylation sites is 4. The Kier molecular flexibility index (Phi) is 8.40. The van der Waals surface area contributed by atoms with Gasteiger partial charge in [0.05, 0.1) is 11.0 Å². The SMILES string of the molecule is c1cc[c]([Ge]([c]2ccccc2)([c]2ccccc2)[c]2ccc(-n3c4ccccc4c4cc(-n5c6ccccc6c6cc(-n7c8ccccc8c8ccccc87)ccc65)ccc43)cc2)cc1. The molecule has 0 radical (unpaired) electrons. The van der Waals surface area contributed by atoms with Crippen LogP contribution in [0.2, 0.25) is 0 Å². The van der Waals surface area contributed by atoms with Crippen LogP contribution in [0.15, 0.2) is 249 Å². The van der Waals surface area contributed by atoms with Crippen molar-refractivity contribution in [2.45, 2.75) is 0 Å². The molecule has 0 unspecified atom stereocenters. The number of hydrogen-bond donors (Lipinski definition) is 0. The summed E-state index contributed by atoms with van der Waals surface area (Å²) in [7, 11) is 0. The summed E-state index contributed by atoms with van der Waals surface area (Å²) in [5.74, 6) is 0. The molecule has 0 N–H and O–H groups in total. The number of benzene rings is 10. The molecule has 0 amide bonds. The monoisotopic (exact) mass is 877 g/mol. The molecule has 3 nitrogen and oxygen atoms in total. The fraction of sp³-hybridized carbons (Fsp3) is 0. The summed E-state index contributed by atoms with van der Waals surface area (Å²) in [6.07, 6.45) is 0. The quantitative estimate of drug-likeness (QED) is 0.142. The number of rotatable bonds is 7. The van der Waals surface area contributed by atoms with E-state index in [0.29, 0.717) is 0 Å². The number of nitrogens with zero attached hydrogens (tertiary/aromatic N) is 3. The summed E-state index contributed by atoms with van der Waals surface area (Å²) in [5.41, 5.74) is 10.7. The van der Waals surface area contributed by atoms with Crippen LogP contribution in [-0.4, -0.2) is 27.0 Å². The average molecular weight is 877 g/mol. The van der Waals surface area contributed by atoms with Gasteiger partial charge in [0.2, 0.25) is 0 Å². The molecular weight excluding hydrogens is 835 g/mol. The Hall–Kier alpha value is -7.86. The maximum absolute atomic E-state index is 3.41. The van der Waals surface area contributed by atoms with E-state index in [1.54, 1.807) is 0 Å². The molecule has 0 aliphatic rings. The molecule has 0 spiro atoms. The van der Waals surface area contributed by atoms with Crippen LogP contribution in [0.5, 0.6) is 0 Å². The Bertz CT molecular complexity index is 3730. The van der Waals surface area contributed by atoms with E-state index in [4.69, 9.17) is 0 Å². The van der Waals surface area contributed by atoms with Gasteiger partial charge in [-0.15, -0.1) is 0 Å². The van der Waals surface area contributed by atoms with Crippen LogP contribution in [0, 0.1) is 0 Å². The van der Waals surface area contributed by atoms with Crippen molar-refractivity contribution in [3.8, 4) is 17.1 Å². The van der Waals surface area contributed by atoms with Crippen molar-refractivity contribution in [3.05, 3.63) is 249 Å².